The van der Waals surface area contributed by atoms with Crippen molar-refractivity contribution in [1.29, 1.82) is 0 Å². The summed E-state index contributed by atoms with van der Waals surface area (Å²) >= 11 is 0. The van der Waals surface area contributed by atoms with E-state index in [2.05, 4.69) is 0 Å². The first-order valence-electron chi connectivity index (χ1n) is 3.69. The lowest BCUT2D eigenvalue weighted by Crippen LogP contribution is -2.09. The van der Waals surface area contributed by atoms with E-state index >= 15 is 0 Å². The van der Waals surface area contributed by atoms with E-state index in [1.165, 1.54) is 6.07 Å². The zero-order chi connectivity index (χ0) is 9.19. The number of hydrogen-bond acceptors (Lipinski definition) is 1. The van der Waals surface area contributed by atoms with Crippen LogP contribution >= 0.6 is 7.60 Å². The molecule has 0 atom stereocenters. The summed E-state index contributed by atoms with van der Waals surface area (Å²) in [5.41, 5.74) is 0.714. The topological polar surface area (TPSA) is 57.5 Å². The molecule has 4 heteroatoms. The van der Waals surface area contributed by atoms with E-state index < -0.39 is 7.60 Å². The summed E-state index contributed by atoms with van der Waals surface area (Å²) < 4.78 is 10.9. The highest BCUT2D eigenvalue weighted by atomic mass is 31.2. The minimum Gasteiger partial charge on any atom is -0.321 e. The first-order chi connectivity index (χ1) is 5.55. The molecule has 0 fully saturated rings. The Morgan fingerprint density at radius 1 is 1.33 bits per heavy atom. The fraction of sp³-hybridized carbons (Fsp3) is 0.250. The van der Waals surface area contributed by atoms with Gasteiger partial charge in [-0.15, -0.1) is 0 Å². The molecule has 1 aromatic rings. The smallest absolute Gasteiger partial charge is 0.321 e. The molecule has 0 aliphatic rings. The molecule has 0 amide bonds. The van der Waals surface area contributed by atoms with Crippen LogP contribution in [0.4, 0.5) is 0 Å². The lowest BCUT2D eigenvalue weighted by atomic mass is 10.2. The van der Waals surface area contributed by atoms with Crippen LogP contribution in [-0.2, 0) is 11.0 Å². The number of hydrogen-bond donors (Lipinski definition) is 2. The van der Waals surface area contributed by atoms with Crippen molar-refractivity contribution in [3.05, 3.63) is 29.8 Å². The normalized spacial score (nSPS) is 11.6. The van der Waals surface area contributed by atoms with Gasteiger partial charge in [0.1, 0.15) is 0 Å². The van der Waals surface area contributed by atoms with E-state index in [9.17, 15) is 4.57 Å². The summed E-state index contributed by atoms with van der Waals surface area (Å²) in [7, 11) is -4.07. The van der Waals surface area contributed by atoms with E-state index in [1.54, 1.807) is 18.2 Å². The molecule has 0 aliphatic carbocycles. The SMILES string of the molecule is CCc1ccccc1P(=O)(O)O. The first kappa shape index (κ1) is 9.46. The van der Waals surface area contributed by atoms with E-state index in [0.717, 1.165) is 0 Å². The molecule has 1 aromatic carbocycles. The number of benzene rings is 1. The highest BCUT2D eigenvalue weighted by Crippen LogP contribution is 2.34. The summed E-state index contributed by atoms with van der Waals surface area (Å²) in [6.07, 6.45) is 0.640. The Balaban J connectivity index is 3.23. The van der Waals surface area contributed by atoms with Crippen LogP contribution in [0.1, 0.15) is 12.5 Å². The van der Waals surface area contributed by atoms with E-state index in [4.69, 9.17) is 9.79 Å². The zero-order valence-corrected chi connectivity index (χ0v) is 7.66. The predicted molar refractivity (Wildman–Crippen MR) is 47.5 cm³/mol. The molecule has 0 spiro atoms. The molecule has 66 valence electrons. The third kappa shape index (κ3) is 1.95. The largest absolute Gasteiger partial charge is 0.356 e. The second-order valence-corrected chi connectivity index (χ2v) is 4.10. The highest BCUT2D eigenvalue weighted by Gasteiger charge is 2.19. The van der Waals surface area contributed by atoms with Crippen LogP contribution in [-0.4, -0.2) is 9.79 Å². The third-order valence-corrected chi connectivity index (χ3v) is 2.75. The van der Waals surface area contributed by atoms with Gasteiger partial charge in [-0.1, -0.05) is 25.1 Å². The zero-order valence-electron chi connectivity index (χ0n) is 6.77. The molecular weight excluding hydrogens is 175 g/mol. The van der Waals surface area contributed by atoms with Gasteiger partial charge in [-0.25, -0.2) is 0 Å². The average Bonchev–Trinajstić information content (AvgIpc) is 2.03. The van der Waals surface area contributed by atoms with Crippen molar-refractivity contribution in [3.8, 4) is 0 Å². The fourth-order valence-corrected chi connectivity index (χ4v) is 1.98. The van der Waals surface area contributed by atoms with Gasteiger partial charge in [0.05, 0.1) is 5.30 Å². The summed E-state index contributed by atoms with van der Waals surface area (Å²) in [6, 6.07) is 6.61. The summed E-state index contributed by atoms with van der Waals surface area (Å²) in [5, 5.41) is 0.146. The van der Waals surface area contributed by atoms with Crippen LogP contribution in [0.5, 0.6) is 0 Å². The fourth-order valence-electron chi connectivity index (χ4n) is 1.09. The maximum Gasteiger partial charge on any atom is 0.356 e. The molecule has 0 aliphatic heterocycles. The number of aryl methyl sites for hydroxylation is 1. The molecule has 3 nitrogen and oxygen atoms in total. The Labute approximate surface area is 71.2 Å². The van der Waals surface area contributed by atoms with Crippen molar-refractivity contribution >= 4 is 12.9 Å². The average molecular weight is 186 g/mol. The van der Waals surface area contributed by atoms with Gasteiger partial charge in [0, 0.05) is 0 Å². The van der Waals surface area contributed by atoms with Gasteiger partial charge < -0.3 is 9.79 Å². The minimum atomic E-state index is -4.07. The van der Waals surface area contributed by atoms with E-state index in [1.807, 2.05) is 6.92 Å². The Morgan fingerprint density at radius 2 is 1.92 bits per heavy atom. The van der Waals surface area contributed by atoms with Gasteiger partial charge in [0.15, 0.2) is 0 Å². The lowest BCUT2D eigenvalue weighted by molar-refractivity contribution is 0.387. The summed E-state index contributed by atoms with van der Waals surface area (Å²) in [6.45, 7) is 1.87. The molecule has 0 saturated carbocycles. The predicted octanol–water partition coefficient (Wildman–Crippen LogP) is 1.05. The van der Waals surface area contributed by atoms with Crippen LogP contribution in [0.15, 0.2) is 24.3 Å². The molecule has 0 saturated heterocycles. The van der Waals surface area contributed by atoms with Crippen molar-refractivity contribution in [2.75, 3.05) is 0 Å². The van der Waals surface area contributed by atoms with Crippen molar-refractivity contribution in [2.24, 2.45) is 0 Å². The van der Waals surface area contributed by atoms with Gasteiger partial charge >= 0.3 is 7.60 Å². The molecule has 0 heterocycles. The van der Waals surface area contributed by atoms with Gasteiger partial charge in [0.25, 0.3) is 0 Å². The van der Waals surface area contributed by atoms with Crippen LogP contribution in [0.3, 0.4) is 0 Å². The highest BCUT2D eigenvalue weighted by molar-refractivity contribution is 7.60. The Kier molecular flexibility index (Phi) is 2.68. The quantitative estimate of drug-likeness (QED) is 0.679. The summed E-state index contributed by atoms with van der Waals surface area (Å²) in [5.74, 6) is 0. The van der Waals surface area contributed by atoms with Crippen molar-refractivity contribution in [1.82, 2.24) is 0 Å². The molecule has 1 rings (SSSR count). The van der Waals surface area contributed by atoms with Crippen LogP contribution in [0, 0.1) is 0 Å². The van der Waals surface area contributed by atoms with E-state index in [0.29, 0.717) is 12.0 Å². The molecule has 2 N–H and O–H groups in total. The van der Waals surface area contributed by atoms with Crippen LogP contribution in [0.25, 0.3) is 0 Å². The first-order valence-corrected chi connectivity index (χ1v) is 5.31. The third-order valence-electron chi connectivity index (χ3n) is 1.69. The lowest BCUT2D eigenvalue weighted by Gasteiger charge is -2.07. The standard InChI is InChI=1S/C8H11O3P/c1-2-7-5-3-4-6-8(7)12(9,10)11/h3-6H,2H2,1H3,(H2,9,10,11). The van der Waals surface area contributed by atoms with Gasteiger partial charge in [-0.2, -0.15) is 0 Å². The Hall–Kier alpha value is -0.630. The van der Waals surface area contributed by atoms with Crippen LogP contribution < -0.4 is 5.30 Å². The monoisotopic (exact) mass is 186 g/mol. The molecule has 0 aromatic heterocycles. The van der Waals surface area contributed by atoms with Crippen molar-refractivity contribution in [2.45, 2.75) is 13.3 Å². The Morgan fingerprint density at radius 3 is 2.33 bits per heavy atom. The van der Waals surface area contributed by atoms with Gasteiger partial charge in [-0.3, -0.25) is 4.57 Å². The van der Waals surface area contributed by atoms with Crippen molar-refractivity contribution < 1.29 is 14.4 Å². The van der Waals surface area contributed by atoms with Gasteiger partial charge in [-0.05, 0) is 18.1 Å². The molecule has 0 bridgehead atoms. The molecule has 0 radical (unpaired) electrons. The summed E-state index contributed by atoms with van der Waals surface area (Å²) in [4.78, 5) is 17.8. The van der Waals surface area contributed by atoms with E-state index in [-0.39, 0.29) is 5.30 Å². The van der Waals surface area contributed by atoms with Crippen molar-refractivity contribution in [3.63, 3.8) is 0 Å². The number of rotatable bonds is 2. The van der Waals surface area contributed by atoms with Gasteiger partial charge in [0.2, 0.25) is 0 Å². The maximum atomic E-state index is 10.9. The van der Waals surface area contributed by atoms with Crippen LogP contribution in [0.2, 0.25) is 0 Å². The second-order valence-electron chi connectivity index (χ2n) is 2.53. The maximum absolute atomic E-state index is 10.9. The molecular formula is C8H11O3P. The molecule has 12 heavy (non-hydrogen) atoms. The minimum absolute atomic E-state index is 0.146. The Bertz CT molecular complexity index is 316. The second kappa shape index (κ2) is 3.40. The molecule has 0 unspecified atom stereocenters.